The third-order valence-electron chi connectivity index (χ3n) is 1.69. The second-order valence-electron chi connectivity index (χ2n) is 3.07. The van der Waals surface area contributed by atoms with E-state index in [1.54, 1.807) is 13.0 Å². The maximum Gasteiger partial charge on any atom is 0.152 e. The SMILES string of the molecule is CC(=O)/C=C/[C@H](C)C(C)C. The molecular formula is C9H16O. The highest BCUT2D eigenvalue weighted by atomic mass is 16.1. The highest BCUT2D eigenvalue weighted by molar-refractivity contribution is 5.87. The zero-order valence-electron chi connectivity index (χ0n) is 7.22. The average molecular weight is 140 g/mol. The first-order valence-electron chi connectivity index (χ1n) is 3.72. The van der Waals surface area contributed by atoms with Gasteiger partial charge < -0.3 is 0 Å². The molecule has 0 fully saturated rings. The third-order valence-corrected chi connectivity index (χ3v) is 1.69. The highest BCUT2D eigenvalue weighted by Gasteiger charge is 2.01. The molecule has 0 bridgehead atoms. The molecular weight excluding hydrogens is 124 g/mol. The van der Waals surface area contributed by atoms with E-state index in [4.69, 9.17) is 0 Å². The Morgan fingerprint density at radius 3 is 2.10 bits per heavy atom. The van der Waals surface area contributed by atoms with Gasteiger partial charge in [0, 0.05) is 0 Å². The molecule has 0 aromatic heterocycles. The molecule has 0 rings (SSSR count). The highest BCUT2D eigenvalue weighted by Crippen LogP contribution is 2.10. The van der Waals surface area contributed by atoms with Gasteiger partial charge in [0.1, 0.15) is 0 Å². The molecule has 1 heteroatoms. The van der Waals surface area contributed by atoms with Gasteiger partial charge in [-0.2, -0.15) is 0 Å². The van der Waals surface area contributed by atoms with Gasteiger partial charge in [-0.25, -0.2) is 0 Å². The minimum absolute atomic E-state index is 0.132. The van der Waals surface area contributed by atoms with E-state index in [0.29, 0.717) is 11.8 Å². The largest absolute Gasteiger partial charge is 0.295 e. The van der Waals surface area contributed by atoms with E-state index in [-0.39, 0.29) is 5.78 Å². The van der Waals surface area contributed by atoms with Crippen LogP contribution in [0, 0.1) is 11.8 Å². The molecule has 0 aliphatic carbocycles. The molecule has 0 saturated carbocycles. The lowest BCUT2D eigenvalue weighted by atomic mass is 9.97. The summed E-state index contributed by atoms with van der Waals surface area (Å²) < 4.78 is 0. The molecule has 0 heterocycles. The molecule has 0 aliphatic heterocycles. The van der Waals surface area contributed by atoms with E-state index in [0.717, 1.165) is 0 Å². The maximum atomic E-state index is 10.5. The molecule has 1 atom stereocenters. The Kier molecular flexibility index (Phi) is 4.01. The van der Waals surface area contributed by atoms with E-state index in [1.165, 1.54) is 0 Å². The van der Waals surface area contributed by atoms with Crippen molar-refractivity contribution in [2.45, 2.75) is 27.7 Å². The fourth-order valence-corrected chi connectivity index (χ4v) is 0.510. The smallest absolute Gasteiger partial charge is 0.152 e. The lowest BCUT2D eigenvalue weighted by Crippen LogP contribution is -1.99. The fourth-order valence-electron chi connectivity index (χ4n) is 0.510. The van der Waals surface area contributed by atoms with Gasteiger partial charge in [-0.1, -0.05) is 26.8 Å². The summed E-state index contributed by atoms with van der Waals surface area (Å²) >= 11 is 0. The topological polar surface area (TPSA) is 17.1 Å². The van der Waals surface area contributed by atoms with Gasteiger partial charge in [0.2, 0.25) is 0 Å². The molecule has 0 aromatic carbocycles. The summed E-state index contributed by atoms with van der Waals surface area (Å²) in [5, 5.41) is 0. The molecule has 0 amide bonds. The molecule has 10 heavy (non-hydrogen) atoms. The molecule has 0 radical (unpaired) electrons. The minimum atomic E-state index is 0.132. The zero-order chi connectivity index (χ0) is 8.15. The van der Waals surface area contributed by atoms with Crippen LogP contribution in [-0.4, -0.2) is 5.78 Å². The van der Waals surface area contributed by atoms with Crippen LogP contribution in [-0.2, 0) is 4.79 Å². The summed E-state index contributed by atoms with van der Waals surface area (Å²) in [4.78, 5) is 10.5. The summed E-state index contributed by atoms with van der Waals surface area (Å²) in [7, 11) is 0. The molecule has 1 nitrogen and oxygen atoms in total. The van der Waals surface area contributed by atoms with Gasteiger partial charge >= 0.3 is 0 Å². The number of hydrogen-bond acceptors (Lipinski definition) is 1. The third kappa shape index (κ3) is 4.30. The Morgan fingerprint density at radius 1 is 1.30 bits per heavy atom. The lowest BCUT2D eigenvalue weighted by Gasteiger charge is -2.08. The number of carbonyl (C=O) groups excluding carboxylic acids is 1. The van der Waals surface area contributed by atoms with Gasteiger partial charge in [-0.15, -0.1) is 0 Å². The van der Waals surface area contributed by atoms with Crippen molar-refractivity contribution in [2.75, 3.05) is 0 Å². The van der Waals surface area contributed by atoms with Crippen molar-refractivity contribution >= 4 is 5.78 Å². The monoisotopic (exact) mass is 140 g/mol. The molecule has 58 valence electrons. The molecule has 0 saturated heterocycles. The van der Waals surface area contributed by atoms with Crippen molar-refractivity contribution in [2.24, 2.45) is 11.8 Å². The second-order valence-corrected chi connectivity index (χ2v) is 3.07. The predicted molar refractivity (Wildman–Crippen MR) is 43.8 cm³/mol. The maximum absolute atomic E-state index is 10.5. The van der Waals surface area contributed by atoms with Crippen LogP contribution in [0.4, 0.5) is 0 Å². The molecule has 0 N–H and O–H groups in total. The van der Waals surface area contributed by atoms with Crippen LogP contribution in [0.2, 0.25) is 0 Å². The van der Waals surface area contributed by atoms with Crippen molar-refractivity contribution in [3.63, 3.8) is 0 Å². The quantitative estimate of drug-likeness (QED) is 0.550. The number of carbonyl (C=O) groups is 1. The van der Waals surface area contributed by atoms with Crippen LogP contribution in [0.3, 0.4) is 0 Å². The van der Waals surface area contributed by atoms with Crippen LogP contribution in [0.1, 0.15) is 27.7 Å². The normalized spacial score (nSPS) is 14.5. The first-order valence-corrected chi connectivity index (χ1v) is 3.72. The minimum Gasteiger partial charge on any atom is -0.295 e. The van der Waals surface area contributed by atoms with Crippen molar-refractivity contribution in [3.8, 4) is 0 Å². The number of ketones is 1. The number of rotatable bonds is 3. The Morgan fingerprint density at radius 2 is 1.80 bits per heavy atom. The zero-order valence-corrected chi connectivity index (χ0v) is 7.22. The summed E-state index contributed by atoms with van der Waals surface area (Å²) in [6.07, 6.45) is 3.61. The van der Waals surface area contributed by atoms with Gasteiger partial charge in [0.05, 0.1) is 0 Å². The summed E-state index contributed by atoms with van der Waals surface area (Å²) in [6, 6.07) is 0. The number of hydrogen-bond donors (Lipinski definition) is 0. The summed E-state index contributed by atoms with van der Waals surface area (Å²) in [6.45, 7) is 7.98. The van der Waals surface area contributed by atoms with Crippen LogP contribution in [0.25, 0.3) is 0 Å². The van der Waals surface area contributed by atoms with Gasteiger partial charge in [0.25, 0.3) is 0 Å². The van der Waals surface area contributed by atoms with Gasteiger partial charge in [-0.05, 0) is 24.8 Å². The first kappa shape index (κ1) is 9.41. The summed E-state index contributed by atoms with van der Waals surface area (Å²) in [5.41, 5.74) is 0. The van der Waals surface area contributed by atoms with Crippen molar-refractivity contribution < 1.29 is 4.79 Å². The Hall–Kier alpha value is -0.590. The molecule has 0 aliphatic rings. The van der Waals surface area contributed by atoms with Crippen molar-refractivity contribution in [3.05, 3.63) is 12.2 Å². The van der Waals surface area contributed by atoms with E-state index < -0.39 is 0 Å². The Labute approximate surface area is 63.1 Å². The van der Waals surface area contributed by atoms with Gasteiger partial charge in [0.15, 0.2) is 5.78 Å². The predicted octanol–water partition coefficient (Wildman–Crippen LogP) is 2.42. The molecule has 0 unspecified atom stereocenters. The first-order chi connectivity index (χ1) is 4.54. The molecule has 0 aromatic rings. The number of allylic oxidation sites excluding steroid dienone is 2. The molecule has 0 spiro atoms. The van der Waals surface area contributed by atoms with Crippen LogP contribution in [0.5, 0.6) is 0 Å². The lowest BCUT2D eigenvalue weighted by molar-refractivity contribution is -0.112. The Balaban J connectivity index is 3.77. The van der Waals surface area contributed by atoms with Crippen molar-refractivity contribution in [1.29, 1.82) is 0 Å². The van der Waals surface area contributed by atoms with E-state index in [1.807, 2.05) is 6.08 Å². The average Bonchev–Trinajstić information content (AvgIpc) is 1.82. The van der Waals surface area contributed by atoms with Crippen LogP contribution < -0.4 is 0 Å². The second kappa shape index (κ2) is 4.26. The fraction of sp³-hybridized carbons (Fsp3) is 0.667. The summed E-state index contributed by atoms with van der Waals surface area (Å²) in [5.74, 6) is 1.26. The van der Waals surface area contributed by atoms with Crippen LogP contribution in [0.15, 0.2) is 12.2 Å². The van der Waals surface area contributed by atoms with E-state index in [2.05, 4.69) is 20.8 Å². The van der Waals surface area contributed by atoms with E-state index in [9.17, 15) is 4.79 Å². The van der Waals surface area contributed by atoms with Gasteiger partial charge in [-0.3, -0.25) is 4.79 Å². The Bertz CT molecular complexity index is 134. The van der Waals surface area contributed by atoms with Crippen molar-refractivity contribution in [1.82, 2.24) is 0 Å². The van der Waals surface area contributed by atoms with Crippen LogP contribution >= 0.6 is 0 Å². The van der Waals surface area contributed by atoms with E-state index >= 15 is 0 Å². The standard InChI is InChI=1S/C9H16O/c1-7(2)8(3)5-6-9(4)10/h5-8H,1-4H3/b6-5+/t8-/m0/s1.